The Labute approximate surface area is 101 Å². The standard InChI is InChI=1S/C13H17NO3/c1-15-9-5-6-10(12(8-9)16-2)13(14)11-4-3-7-17-11/h4-6,8,13H,3,7,14H2,1-2H3. The minimum absolute atomic E-state index is 0.279. The fraction of sp³-hybridized carbons (Fsp3) is 0.385. The summed E-state index contributed by atoms with van der Waals surface area (Å²) in [5.74, 6) is 2.28. The van der Waals surface area contributed by atoms with Crippen molar-refractivity contribution in [1.82, 2.24) is 0 Å². The fourth-order valence-electron chi connectivity index (χ4n) is 1.88. The molecule has 0 fully saturated rings. The summed E-state index contributed by atoms with van der Waals surface area (Å²) in [4.78, 5) is 0. The number of benzene rings is 1. The molecule has 17 heavy (non-hydrogen) atoms. The van der Waals surface area contributed by atoms with Gasteiger partial charge in [-0.25, -0.2) is 0 Å². The normalized spacial score (nSPS) is 16.1. The van der Waals surface area contributed by atoms with Gasteiger partial charge in [0.1, 0.15) is 17.3 Å². The smallest absolute Gasteiger partial charge is 0.127 e. The number of nitrogens with two attached hydrogens (primary N) is 1. The van der Waals surface area contributed by atoms with Gasteiger partial charge in [0, 0.05) is 18.1 Å². The Morgan fingerprint density at radius 1 is 1.29 bits per heavy atom. The Bertz CT molecular complexity index is 429. The molecule has 0 bridgehead atoms. The molecule has 1 heterocycles. The van der Waals surface area contributed by atoms with E-state index in [1.165, 1.54) is 0 Å². The zero-order valence-corrected chi connectivity index (χ0v) is 10.1. The van der Waals surface area contributed by atoms with E-state index in [4.69, 9.17) is 19.9 Å². The van der Waals surface area contributed by atoms with Gasteiger partial charge in [0.05, 0.1) is 26.9 Å². The molecule has 1 aromatic rings. The molecular formula is C13H17NO3. The first kappa shape index (κ1) is 11.8. The van der Waals surface area contributed by atoms with Gasteiger partial charge < -0.3 is 19.9 Å². The predicted molar refractivity (Wildman–Crippen MR) is 65.1 cm³/mol. The zero-order chi connectivity index (χ0) is 12.3. The van der Waals surface area contributed by atoms with Crippen LogP contribution in [0.1, 0.15) is 18.0 Å². The van der Waals surface area contributed by atoms with Gasteiger partial charge in [0.15, 0.2) is 0 Å². The van der Waals surface area contributed by atoms with Crippen molar-refractivity contribution in [2.45, 2.75) is 12.5 Å². The van der Waals surface area contributed by atoms with Crippen LogP contribution in [-0.4, -0.2) is 20.8 Å². The average molecular weight is 235 g/mol. The first-order valence-corrected chi connectivity index (χ1v) is 5.56. The highest BCUT2D eigenvalue weighted by atomic mass is 16.5. The lowest BCUT2D eigenvalue weighted by Crippen LogP contribution is -2.14. The van der Waals surface area contributed by atoms with Crippen LogP contribution in [0.15, 0.2) is 30.0 Å². The second-order valence-corrected chi connectivity index (χ2v) is 3.83. The molecule has 1 unspecified atom stereocenters. The van der Waals surface area contributed by atoms with Crippen LogP contribution < -0.4 is 15.2 Å². The van der Waals surface area contributed by atoms with Crippen molar-refractivity contribution in [2.75, 3.05) is 20.8 Å². The van der Waals surface area contributed by atoms with E-state index in [1.807, 2.05) is 24.3 Å². The maximum absolute atomic E-state index is 6.15. The summed E-state index contributed by atoms with van der Waals surface area (Å²) in [7, 11) is 3.24. The molecule has 0 aromatic heterocycles. The van der Waals surface area contributed by atoms with Gasteiger partial charge in [-0.3, -0.25) is 0 Å². The highest BCUT2D eigenvalue weighted by Crippen LogP contribution is 2.33. The number of ether oxygens (including phenoxy) is 3. The van der Waals surface area contributed by atoms with E-state index in [9.17, 15) is 0 Å². The van der Waals surface area contributed by atoms with Crippen LogP contribution in [0.2, 0.25) is 0 Å². The van der Waals surface area contributed by atoms with Gasteiger partial charge in [-0.2, -0.15) is 0 Å². The first-order valence-electron chi connectivity index (χ1n) is 5.56. The number of methoxy groups -OCH3 is 2. The summed E-state index contributed by atoms with van der Waals surface area (Å²) in [6.07, 6.45) is 2.94. The highest BCUT2D eigenvalue weighted by molar-refractivity contribution is 5.44. The first-order chi connectivity index (χ1) is 8.26. The largest absolute Gasteiger partial charge is 0.497 e. The Balaban J connectivity index is 2.30. The van der Waals surface area contributed by atoms with Crippen molar-refractivity contribution in [3.8, 4) is 11.5 Å². The van der Waals surface area contributed by atoms with Gasteiger partial charge >= 0.3 is 0 Å². The molecule has 0 radical (unpaired) electrons. The lowest BCUT2D eigenvalue weighted by molar-refractivity contribution is 0.224. The lowest BCUT2D eigenvalue weighted by Gasteiger charge is -2.17. The topological polar surface area (TPSA) is 53.7 Å². The number of hydrogen-bond donors (Lipinski definition) is 1. The van der Waals surface area contributed by atoms with E-state index in [0.717, 1.165) is 23.5 Å². The Hall–Kier alpha value is -1.68. The summed E-state index contributed by atoms with van der Waals surface area (Å²) >= 11 is 0. The van der Waals surface area contributed by atoms with Crippen LogP contribution in [0, 0.1) is 0 Å². The van der Waals surface area contributed by atoms with E-state index in [-0.39, 0.29) is 6.04 Å². The molecule has 0 spiro atoms. The summed E-state index contributed by atoms with van der Waals surface area (Å²) in [6.45, 7) is 0.710. The second-order valence-electron chi connectivity index (χ2n) is 3.83. The molecule has 1 aliphatic heterocycles. The van der Waals surface area contributed by atoms with Gasteiger partial charge in [0.2, 0.25) is 0 Å². The minimum Gasteiger partial charge on any atom is -0.497 e. The van der Waals surface area contributed by atoms with Crippen LogP contribution in [0.4, 0.5) is 0 Å². The van der Waals surface area contributed by atoms with Crippen LogP contribution in [0.3, 0.4) is 0 Å². The van der Waals surface area contributed by atoms with Crippen molar-refractivity contribution < 1.29 is 14.2 Å². The Kier molecular flexibility index (Phi) is 3.54. The number of hydrogen-bond acceptors (Lipinski definition) is 4. The van der Waals surface area contributed by atoms with Gasteiger partial charge in [-0.05, 0) is 18.2 Å². The molecular weight excluding hydrogens is 218 g/mol. The predicted octanol–water partition coefficient (Wildman–Crippen LogP) is 2.01. The van der Waals surface area contributed by atoms with Crippen LogP contribution in [0.5, 0.6) is 11.5 Å². The number of rotatable bonds is 4. The molecule has 0 saturated carbocycles. The summed E-state index contributed by atoms with van der Waals surface area (Å²) in [6, 6.07) is 5.32. The van der Waals surface area contributed by atoms with Crippen molar-refractivity contribution in [3.05, 3.63) is 35.6 Å². The molecule has 1 atom stereocenters. The molecule has 2 rings (SSSR count). The molecule has 2 N–H and O–H groups in total. The van der Waals surface area contributed by atoms with Crippen LogP contribution in [-0.2, 0) is 4.74 Å². The van der Waals surface area contributed by atoms with E-state index in [2.05, 4.69) is 0 Å². The average Bonchev–Trinajstić information content (AvgIpc) is 2.91. The molecule has 1 aromatic carbocycles. The monoisotopic (exact) mass is 235 g/mol. The Morgan fingerprint density at radius 2 is 2.12 bits per heavy atom. The summed E-state index contributed by atoms with van der Waals surface area (Å²) < 4.78 is 16.0. The maximum atomic E-state index is 6.15. The quantitative estimate of drug-likeness (QED) is 0.867. The maximum Gasteiger partial charge on any atom is 0.127 e. The van der Waals surface area contributed by atoms with Crippen LogP contribution >= 0.6 is 0 Å². The Morgan fingerprint density at radius 3 is 2.71 bits per heavy atom. The van der Waals surface area contributed by atoms with Crippen molar-refractivity contribution in [1.29, 1.82) is 0 Å². The third kappa shape index (κ3) is 2.36. The molecule has 4 nitrogen and oxygen atoms in total. The van der Waals surface area contributed by atoms with Crippen LogP contribution in [0.25, 0.3) is 0 Å². The van der Waals surface area contributed by atoms with Crippen molar-refractivity contribution in [3.63, 3.8) is 0 Å². The lowest BCUT2D eigenvalue weighted by atomic mass is 10.0. The van der Waals surface area contributed by atoms with Gasteiger partial charge in [0.25, 0.3) is 0 Å². The van der Waals surface area contributed by atoms with E-state index in [1.54, 1.807) is 14.2 Å². The van der Waals surface area contributed by atoms with E-state index >= 15 is 0 Å². The molecule has 0 aliphatic carbocycles. The third-order valence-corrected chi connectivity index (χ3v) is 2.81. The second kappa shape index (κ2) is 5.10. The highest BCUT2D eigenvalue weighted by Gasteiger charge is 2.20. The third-order valence-electron chi connectivity index (χ3n) is 2.81. The minimum atomic E-state index is -0.279. The molecule has 4 heteroatoms. The molecule has 1 aliphatic rings. The molecule has 0 amide bonds. The molecule has 92 valence electrons. The fourth-order valence-corrected chi connectivity index (χ4v) is 1.88. The van der Waals surface area contributed by atoms with Gasteiger partial charge in [-0.15, -0.1) is 0 Å². The summed E-state index contributed by atoms with van der Waals surface area (Å²) in [5, 5.41) is 0. The van der Waals surface area contributed by atoms with E-state index in [0.29, 0.717) is 12.4 Å². The van der Waals surface area contributed by atoms with Crippen molar-refractivity contribution in [2.24, 2.45) is 5.73 Å². The molecule has 0 saturated heterocycles. The zero-order valence-electron chi connectivity index (χ0n) is 10.1. The summed E-state index contributed by atoms with van der Waals surface area (Å²) in [5.41, 5.74) is 7.06. The SMILES string of the molecule is COc1ccc(C(N)C2=CCCO2)c(OC)c1. The van der Waals surface area contributed by atoms with E-state index < -0.39 is 0 Å². The van der Waals surface area contributed by atoms with Gasteiger partial charge in [-0.1, -0.05) is 0 Å². The van der Waals surface area contributed by atoms with Crippen molar-refractivity contribution >= 4 is 0 Å².